The Bertz CT molecular complexity index is 208. The van der Waals surface area contributed by atoms with E-state index in [0.717, 1.165) is 5.56 Å². The van der Waals surface area contributed by atoms with Gasteiger partial charge < -0.3 is 11.3 Å². The molecule has 0 bridgehead atoms. The van der Waals surface area contributed by atoms with Crippen molar-refractivity contribution in [1.82, 2.24) is 6.15 Å². The van der Waals surface area contributed by atoms with Gasteiger partial charge in [-0.25, -0.2) is 0 Å². The fraction of sp³-hybridized carbons (Fsp3) is 0.111. The molecule has 0 heterocycles. The Labute approximate surface area is 66.8 Å². The van der Waals surface area contributed by atoms with Crippen LogP contribution in [0.3, 0.4) is 0 Å². The SMILES string of the molecule is C=CC(O)c1ccccc1.N. The number of benzene rings is 1. The topological polar surface area (TPSA) is 55.2 Å². The van der Waals surface area contributed by atoms with Crippen molar-refractivity contribution in [2.24, 2.45) is 0 Å². The second-order valence-corrected chi connectivity index (χ2v) is 2.09. The van der Waals surface area contributed by atoms with Crippen LogP contribution in [0.5, 0.6) is 0 Å². The molecule has 0 saturated carbocycles. The molecule has 2 nitrogen and oxygen atoms in total. The third-order valence-corrected chi connectivity index (χ3v) is 1.36. The van der Waals surface area contributed by atoms with E-state index in [1.807, 2.05) is 30.3 Å². The summed E-state index contributed by atoms with van der Waals surface area (Å²) < 4.78 is 0. The van der Waals surface area contributed by atoms with Crippen molar-refractivity contribution in [3.8, 4) is 0 Å². The van der Waals surface area contributed by atoms with E-state index in [9.17, 15) is 5.11 Å². The number of rotatable bonds is 2. The van der Waals surface area contributed by atoms with Crippen LogP contribution in [0.1, 0.15) is 11.7 Å². The summed E-state index contributed by atoms with van der Waals surface area (Å²) in [4.78, 5) is 0. The van der Waals surface area contributed by atoms with Crippen molar-refractivity contribution in [2.45, 2.75) is 6.10 Å². The van der Waals surface area contributed by atoms with Gasteiger partial charge in [0.05, 0.1) is 6.10 Å². The molecule has 0 aliphatic carbocycles. The average Bonchev–Trinajstić information content (AvgIpc) is 2.05. The highest BCUT2D eigenvalue weighted by Crippen LogP contribution is 2.11. The van der Waals surface area contributed by atoms with E-state index in [2.05, 4.69) is 6.58 Å². The molecule has 1 aromatic carbocycles. The summed E-state index contributed by atoms with van der Waals surface area (Å²) in [5.41, 5.74) is 0.887. The molecule has 0 aliphatic rings. The molecule has 0 aliphatic heterocycles. The lowest BCUT2D eigenvalue weighted by atomic mass is 10.1. The average molecular weight is 151 g/mol. The van der Waals surface area contributed by atoms with Crippen molar-refractivity contribution in [1.29, 1.82) is 0 Å². The maximum atomic E-state index is 9.21. The van der Waals surface area contributed by atoms with Crippen LogP contribution in [-0.2, 0) is 0 Å². The molecule has 60 valence electrons. The fourth-order valence-electron chi connectivity index (χ4n) is 0.786. The first-order valence-electron chi connectivity index (χ1n) is 3.20. The zero-order valence-electron chi connectivity index (χ0n) is 6.40. The van der Waals surface area contributed by atoms with Gasteiger partial charge in [0.1, 0.15) is 0 Å². The molecule has 0 fully saturated rings. The van der Waals surface area contributed by atoms with Crippen molar-refractivity contribution in [3.05, 3.63) is 48.6 Å². The summed E-state index contributed by atoms with van der Waals surface area (Å²) in [6, 6.07) is 9.43. The summed E-state index contributed by atoms with van der Waals surface area (Å²) >= 11 is 0. The molecular weight excluding hydrogens is 138 g/mol. The molecule has 1 rings (SSSR count). The predicted molar refractivity (Wildman–Crippen MR) is 46.6 cm³/mol. The van der Waals surface area contributed by atoms with E-state index in [1.165, 1.54) is 6.08 Å². The first-order chi connectivity index (χ1) is 4.84. The van der Waals surface area contributed by atoms with Crippen LogP contribution in [0.2, 0.25) is 0 Å². The fourth-order valence-corrected chi connectivity index (χ4v) is 0.786. The lowest BCUT2D eigenvalue weighted by Crippen LogP contribution is -1.90. The molecule has 1 atom stereocenters. The number of hydrogen-bond donors (Lipinski definition) is 2. The van der Waals surface area contributed by atoms with Gasteiger partial charge in [-0.15, -0.1) is 6.58 Å². The molecule has 0 spiro atoms. The predicted octanol–water partition coefficient (Wildman–Crippen LogP) is 2.07. The minimum atomic E-state index is -0.527. The molecule has 2 heteroatoms. The lowest BCUT2D eigenvalue weighted by molar-refractivity contribution is 0.229. The third kappa shape index (κ3) is 2.53. The van der Waals surface area contributed by atoms with E-state index in [-0.39, 0.29) is 6.15 Å². The first-order valence-corrected chi connectivity index (χ1v) is 3.20. The van der Waals surface area contributed by atoms with Gasteiger partial charge >= 0.3 is 0 Å². The van der Waals surface area contributed by atoms with E-state index in [0.29, 0.717) is 0 Å². The van der Waals surface area contributed by atoms with Crippen LogP contribution >= 0.6 is 0 Å². The second kappa shape index (κ2) is 4.66. The summed E-state index contributed by atoms with van der Waals surface area (Å²) in [7, 11) is 0. The van der Waals surface area contributed by atoms with Crippen LogP contribution in [0.25, 0.3) is 0 Å². The highest BCUT2D eigenvalue weighted by Gasteiger charge is 1.98. The maximum absolute atomic E-state index is 9.21. The Hall–Kier alpha value is -1.12. The zero-order chi connectivity index (χ0) is 7.40. The van der Waals surface area contributed by atoms with E-state index >= 15 is 0 Å². The van der Waals surface area contributed by atoms with Gasteiger partial charge in [-0.1, -0.05) is 36.4 Å². The maximum Gasteiger partial charge on any atom is 0.0969 e. The van der Waals surface area contributed by atoms with Gasteiger partial charge in [0.2, 0.25) is 0 Å². The van der Waals surface area contributed by atoms with Gasteiger partial charge in [0.15, 0.2) is 0 Å². The van der Waals surface area contributed by atoms with Gasteiger partial charge in [-0.2, -0.15) is 0 Å². The first kappa shape index (κ1) is 9.88. The Morgan fingerprint density at radius 2 is 1.82 bits per heavy atom. The van der Waals surface area contributed by atoms with Crippen molar-refractivity contribution in [3.63, 3.8) is 0 Å². The molecule has 0 amide bonds. The van der Waals surface area contributed by atoms with Gasteiger partial charge in [-0.05, 0) is 5.56 Å². The largest absolute Gasteiger partial charge is 0.384 e. The minimum absolute atomic E-state index is 0. The highest BCUT2D eigenvalue weighted by atomic mass is 16.3. The molecule has 4 N–H and O–H groups in total. The zero-order valence-corrected chi connectivity index (χ0v) is 6.40. The van der Waals surface area contributed by atoms with E-state index in [1.54, 1.807) is 0 Å². The molecule has 0 saturated heterocycles. The summed E-state index contributed by atoms with van der Waals surface area (Å²) in [6.45, 7) is 3.49. The van der Waals surface area contributed by atoms with Crippen LogP contribution in [0.15, 0.2) is 43.0 Å². The summed E-state index contributed by atoms with van der Waals surface area (Å²) in [6.07, 6.45) is 0.983. The smallest absolute Gasteiger partial charge is 0.0969 e. The van der Waals surface area contributed by atoms with E-state index in [4.69, 9.17) is 0 Å². The van der Waals surface area contributed by atoms with Gasteiger partial charge in [-0.3, -0.25) is 0 Å². The van der Waals surface area contributed by atoms with Gasteiger partial charge in [0, 0.05) is 0 Å². The molecule has 0 aromatic heterocycles. The number of aliphatic hydroxyl groups is 1. The summed E-state index contributed by atoms with van der Waals surface area (Å²) in [5.74, 6) is 0. The minimum Gasteiger partial charge on any atom is -0.384 e. The highest BCUT2D eigenvalue weighted by molar-refractivity contribution is 5.19. The van der Waals surface area contributed by atoms with Crippen LogP contribution in [0.4, 0.5) is 0 Å². The summed E-state index contributed by atoms with van der Waals surface area (Å²) in [5, 5.41) is 9.21. The Morgan fingerprint density at radius 1 is 1.27 bits per heavy atom. The molecule has 0 radical (unpaired) electrons. The molecule has 11 heavy (non-hydrogen) atoms. The standard InChI is InChI=1S/C9H10O.H3N/c1-2-9(10)8-6-4-3-5-7-8;/h2-7,9-10H,1H2;1H3. The lowest BCUT2D eigenvalue weighted by Gasteiger charge is -2.02. The quantitative estimate of drug-likeness (QED) is 0.636. The molecule has 1 aromatic rings. The Morgan fingerprint density at radius 3 is 2.27 bits per heavy atom. The van der Waals surface area contributed by atoms with Crippen LogP contribution in [-0.4, -0.2) is 5.11 Å². The normalized spacial score (nSPS) is 11.4. The molecular formula is C9H13NO. The van der Waals surface area contributed by atoms with Crippen LogP contribution < -0.4 is 6.15 Å². The number of aliphatic hydroxyl groups excluding tert-OH is 1. The van der Waals surface area contributed by atoms with Crippen molar-refractivity contribution >= 4 is 0 Å². The monoisotopic (exact) mass is 151 g/mol. The van der Waals surface area contributed by atoms with Crippen LogP contribution in [0, 0.1) is 0 Å². The second-order valence-electron chi connectivity index (χ2n) is 2.09. The van der Waals surface area contributed by atoms with Crippen molar-refractivity contribution < 1.29 is 5.11 Å². The Balaban J connectivity index is 0.000001000. The van der Waals surface area contributed by atoms with E-state index < -0.39 is 6.10 Å². The van der Waals surface area contributed by atoms with Gasteiger partial charge in [0.25, 0.3) is 0 Å². The number of hydrogen-bond acceptors (Lipinski definition) is 2. The van der Waals surface area contributed by atoms with Crippen molar-refractivity contribution in [2.75, 3.05) is 0 Å². The third-order valence-electron chi connectivity index (χ3n) is 1.36. The Kier molecular flexibility index (Phi) is 4.18. The molecule has 1 unspecified atom stereocenters.